The molecule has 0 aliphatic rings. The SMILES string of the molecule is CC(O)(S)S. The summed E-state index contributed by atoms with van der Waals surface area (Å²) in [5.74, 6) is 0. The molecule has 0 saturated heterocycles. The lowest BCUT2D eigenvalue weighted by Gasteiger charge is -2.02. The van der Waals surface area contributed by atoms with Crippen molar-refractivity contribution in [1.82, 2.24) is 0 Å². The van der Waals surface area contributed by atoms with Crippen LogP contribution in [0.2, 0.25) is 0 Å². The van der Waals surface area contributed by atoms with E-state index in [0.717, 1.165) is 0 Å². The highest BCUT2D eigenvalue weighted by molar-refractivity contribution is 8.00. The zero-order chi connectivity index (χ0) is 4.50. The fourth-order valence-corrected chi connectivity index (χ4v) is 0. The van der Waals surface area contributed by atoms with Crippen molar-refractivity contribution in [1.29, 1.82) is 0 Å². The van der Waals surface area contributed by atoms with Crippen LogP contribution in [0.5, 0.6) is 0 Å². The lowest BCUT2D eigenvalue weighted by molar-refractivity contribution is 0.256. The minimum atomic E-state index is -1.11. The van der Waals surface area contributed by atoms with Crippen LogP contribution >= 0.6 is 25.3 Å². The second-order valence-corrected chi connectivity index (χ2v) is 3.07. The zero-order valence-electron chi connectivity index (χ0n) is 2.84. The molecule has 0 fully saturated rings. The van der Waals surface area contributed by atoms with Gasteiger partial charge in [-0.2, -0.15) is 0 Å². The Labute approximate surface area is 42.2 Å². The van der Waals surface area contributed by atoms with E-state index in [9.17, 15) is 0 Å². The van der Waals surface area contributed by atoms with Gasteiger partial charge in [-0.25, -0.2) is 0 Å². The van der Waals surface area contributed by atoms with E-state index in [1.807, 2.05) is 0 Å². The molecule has 0 aromatic carbocycles. The Morgan fingerprint density at radius 2 is 1.60 bits per heavy atom. The summed E-state index contributed by atoms with van der Waals surface area (Å²) in [6.07, 6.45) is 0. The van der Waals surface area contributed by atoms with Crippen LogP contribution in [0.4, 0.5) is 0 Å². The van der Waals surface area contributed by atoms with Gasteiger partial charge in [-0.05, 0) is 6.92 Å². The minimum Gasteiger partial charge on any atom is -0.371 e. The van der Waals surface area contributed by atoms with E-state index < -0.39 is 4.27 Å². The first-order chi connectivity index (χ1) is 2.00. The number of hydrogen-bond acceptors (Lipinski definition) is 3. The van der Waals surface area contributed by atoms with Crippen molar-refractivity contribution < 1.29 is 5.11 Å². The van der Waals surface area contributed by atoms with Crippen molar-refractivity contribution in [2.75, 3.05) is 0 Å². The van der Waals surface area contributed by atoms with E-state index in [1.54, 1.807) is 0 Å². The second kappa shape index (κ2) is 1.41. The fourth-order valence-electron chi connectivity index (χ4n) is 0. The molecule has 0 bridgehead atoms. The zero-order valence-corrected chi connectivity index (χ0v) is 4.63. The highest BCUT2D eigenvalue weighted by Gasteiger charge is 2.00. The summed E-state index contributed by atoms with van der Waals surface area (Å²) in [5, 5.41) is 8.25. The molecule has 1 N–H and O–H groups in total. The van der Waals surface area contributed by atoms with Crippen molar-refractivity contribution in [3.05, 3.63) is 0 Å². The van der Waals surface area contributed by atoms with Crippen molar-refractivity contribution in [2.45, 2.75) is 11.2 Å². The molecule has 0 aliphatic heterocycles. The van der Waals surface area contributed by atoms with Gasteiger partial charge in [0.1, 0.15) is 4.27 Å². The summed E-state index contributed by atoms with van der Waals surface area (Å²) in [6, 6.07) is 0. The summed E-state index contributed by atoms with van der Waals surface area (Å²) >= 11 is 7.08. The highest BCUT2D eigenvalue weighted by Crippen LogP contribution is 2.10. The molecule has 3 heteroatoms. The molecule has 0 rings (SSSR count). The maximum atomic E-state index is 8.25. The predicted molar refractivity (Wildman–Crippen MR) is 28.6 cm³/mol. The summed E-state index contributed by atoms with van der Waals surface area (Å²) in [6.45, 7) is 1.47. The Balaban J connectivity index is 3.02. The Morgan fingerprint density at radius 3 is 1.60 bits per heavy atom. The molecule has 0 radical (unpaired) electrons. The van der Waals surface area contributed by atoms with E-state index >= 15 is 0 Å². The van der Waals surface area contributed by atoms with Crippen molar-refractivity contribution >= 4 is 25.3 Å². The standard InChI is InChI=1S/C2H6OS2/c1-2(3,4)5/h3-5H,1H3. The molecule has 0 spiro atoms. The number of thiol groups is 2. The monoisotopic (exact) mass is 110 g/mol. The molecule has 0 aliphatic carbocycles. The minimum absolute atomic E-state index is 1.11. The molecule has 32 valence electrons. The highest BCUT2D eigenvalue weighted by atomic mass is 32.2. The molecule has 0 amide bonds. The van der Waals surface area contributed by atoms with E-state index in [-0.39, 0.29) is 0 Å². The van der Waals surface area contributed by atoms with Crippen molar-refractivity contribution in [3.8, 4) is 0 Å². The lowest BCUT2D eigenvalue weighted by atomic mass is 10.9. The van der Waals surface area contributed by atoms with Gasteiger partial charge in [-0.1, -0.05) is 0 Å². The first-order valence-corrected chi connectivity index (χ1v) is 2.07. The molecule has 0 heterocycles. The molecular formula is C2H6OS2. The molecular weight excluding hydrogens is 104 g/mol. The van der Waals surface area contributed by atoms with Crippen molar-refractivity contribution in [2.24, 2.45) is 0 Å². The third-order valence-corrected chi connectivity index (χ3v) is 0. The van der Waals surface area contributed by atoms with Gasteiger partial charge >= 0.3 is 0 Å². The van der Waals surface area contributed by atoms with E-state index in [4.69, 9.17) is 5.11 Å². The van der Waals surface area contributed by atoms with E-state index in [1.165, 1.54) is 6.92 Å². The Kier molecular flexibility index (Phi) is 1.59. The number of aliphatic hydroxyl groups is 1. The lowest BCUT2D eigenvalue weighted by Crippen LogP contribution is -2.00. The maximum absolute atomic E-state index is 8.25. The average Bonchev–Trinajstić information content (AvgIpc) is 0.722. The number of hydrogen-bond donors (Lipinski definition) is 3. The summed E-state index contributed by atoms with van der Waals surface area (Å²) in [4.78, 5) is 0. The quantitative estimate of drug-likeness (QED) is 0.306. The van der Waals surface area contributed by atoms with Gasteiger partial charge in [0.15, 0.2) is 0 Å². The van der Waals surface area contributed by atoms with Gasteiger partial charge in [0.2, 0.25) is 0 Å². The van der Waals surface area contributed by atoms with Crippen LogP contribution in [0.25, 0.3) is 0 Å². The van der Waals surface area contributed by atoms with Crippen LogP contribution in [0.1, 0.15) is 6.92 Å². The van der Waals surface area contributed by atoms with Crippen LogP contribution in [0.15, 0.2) is 0 Å². The number of rotatable bonds is 0. The maximum Gasteiger partial charge on any atom is 0.148 e. The first kappa shape index (κ1) is 5.66. The fraction of sp³-hybridized carbons (Fsp3) is 1.00. The first-order valence-electron chi connectivity index (χ1n) is 1.17. The van der Waals surface area contributed by atoms with Crippen LogP contribution in [-0.4, -0.2) is 9.37 Å². The second-order valence-electron chi connectivity index (χ2n) is 0.971. The third-order valence-electron chi connectivity index (χ3n) is 0. The summed E-state index contributed by atoms with van der Waals surface area (Å²) in [5.41, 5.74) is 0. The normalized spacial score (nSPS) is 12.0. The van der Waals surface area contributed by atoms with Gasteiger partial charge < -0.3 is 5.11 Å². The van der Waals surface area contributed by atoms with Gasteiger partial charge in [0.05, 0.1) is 0 Å². The molecule has 0 unspecified atom stereocenters. The van der Waals surface area contributed by atoms with E-state index in [0.29, 0.717) is 0 Å². The Bertz CT molecular complexity index is 23.1. The van der Waals surface area contributed by atoms with Crippen LogP contribution in [0.3, 0.4) is 0 Å². The van der Waals surface area contributed by atoms with Gasteiger partial charge in [0, 0.05) is 0 Å². The van der Waals surface area contributed by atoms with Gasteiger partial charge in [-0.15, -0.1) is 25.3 Å². The van der Waals surface area contributed by atoms with Gasteiger partial charge in [-0.3, -0.25) is 0 Å². The van der Waals surface area contributed by atoms with Crippen LogP contribution in [-0.2, 0) is 0 Å². The van der Waals surface area contributed by atoms with Gasteiger partial charge in [0.25, 0.3) is 0 Å². The average molecular weight is 110 g/mol. The molecule has 0 aromatic rings. The molecule has 5 heavy (non-hydrogen) atoms. The topological polar surface area (TPSA) is 20.2 Å². The summed E-state index contributed by atoms with van der Waals surface area (Å²) in [7, 11) is 0. The molecule has 1 nitrogen and oxygen atoms in total. The van der Waals surface area contributed by atoms with Crippen LogP contribution in [0, 0.1) is 0 Å². The summed E-state index contributed by atoms with van der Waals surface area (Å²) < 4.78 is -1.11. The van der Waals surface area contributed by atoms with Crippen LogP contribution < -0.4 is 0 Å². The molecule has 0 saturated carbocycles. The molecule has 0 aromatic heterocycles. The Morgan fingerprint density at radius 1 is 1.60 bits per heavy atom. The smallest absolute Gasteiger partial charge is 0.148 e. The van der Waals surface area contributed by atoms with Crippen molar-refractivity contribution in [3.63, 3.8) is 0 Å². The van der Waals surface area contributed by atoms with E-state index in [2.05, 4.69) is 25.3 Å². The Hall–Kier alpha value is 0.660. The predicted octanol–water partition coefficient (Wildman–Crippen LogP) is 0.512. The third kappa shape index (κ3) is 75.7. The molecule has 0 atom stereocenters. The largest absolute Gasteiger partial charge is 0.371 e.